The van der Waals surface area contributed by atoms with Crippen LogP contribution in [0.1, 0.15) is 12.0 Å². The van der Waals surface area contributed by atoms with Gasteiger partial charge in [-0.2, -0.15) is 10.1 Å². The van der Waals surface area contributed by atoms with E-state index in [-0.39, 0.29) is 35.5 Å². The summed E-state index contributed by atoms with van der Waals surface area (Å²) in [5.41, 5.74) is 0.624. The SMILES string of the molecule is COc1ccc(Cl)cc1C=NN1C(=O)C2C3C=CC(C3)C2C1=O. The number of nitrogens with zero attached hydrogens (tertiary/aromatic N) is 2. The maximum Gasteiger partial charge on any atom is 0.254 e. The Morgan fingerprint density at radius 2 is 1.87 bits per heavy atom. The van der Waals surface area contributed by atoms with Gasteiger partial charge >= 0.3 is 0 Å². The van der Waals surface area contributed by atoms with Crippen molar-refractivity contribution in [2.75, 3.05) is 7.11 Å². The van der Waals surface area contributed by atoms with Crippen LogP contribution in [0.3, 0.4) is 0 Å². The quantitative estimate of drug-likeness (QED) is 0.486. The van der Waals surface area contributed by atoms with Crippen molar-refractivity contribution in [3.63, 3.8) is 0 Å². The molecule has 1 saturated heterocycles. The molecular formula is C17H15ClN2O3. The number of carbonyl (C=O) groups excluding carboxylic acids is 2. The van der Waals surface area contributed by atoms with E-state index in [9.17, 15) is 9.59 Å². The molecule has 2 amide bonds. The average Bonchev–Trinajstić information content (AvgIpc) is 3.21. The number of hydrogen-bond donors (Lipinski definition) is 0. The van der Waals surface area contributed by atoms with Gasteiger partial charge in [-0.1, -0.05) is 23.8 Å². The monoisotopic (exact) mass is 330 g/mol. The molecule has 1 heterocycles. The highest BCUT2D eigenvalue weighted by Gasteiger charge is 2.59. The number of hydrogen-bond acceptors (Lipinski definition) is 4. The van der Waals surface area contributed by atoms with Gasteiger partial charge in [0.25, 0.3) is 11.8 Å². The summed E-state index contributed by atoms with van der Waals surface area (Å²) >= 11 is 5.98. The minimum absolute atomic E-state index is 0.183. The van der Waals surface area contributed by atoms with Crippen LogP contribution in [0.2, 0.25) is 5.02 Å². The Labute approximate surface area is 138 Å². The number of fused-ring (bicyclic) bond motifs is 5. The normalized spacial score (nSPS) is 31.5. The van der Waals surface area contributed by atoms with Crippen molar-refractivity contribution in [2.45, 2.75) is 6.42 Å². The van der Waals surface area contributed by atoms with Crippen LogP contribution in [-0.2, 0) is 9.59 Å². The zero-order valence-corrected chi connectivity index (χ0v) is 13.2. The van der Waals surface area contributed by atoms with Gasteiger partial charge in [0.05, 0.1) is 25.2 Å². The Hall–Kier alpha value is -2.14. The van der Waals surface area contributed by atoms with E-state index < -0.39 is 0 Å². The molecule has 6 heteroatoms. The van der Waals surface area contributed by atoms with Crippen molar-refractivity contribution in [1.82, 2.24) is 5.01 Å². The first-order valence-electron chi connectivity index (χ1n) is 7.54. The van der Waals surface area contributed by atoms with Crippen LogP contribution in [0.15, 0.2) is 35.5 Å². The number of allylic oxidation sites excluding steroid dienone is 2. The van der Waals surface area contributed by atoms with E-state index in [1.807, 2.05) is 0 Å². The lowest BCUT2D eigenvalue weighted by molar-refractivity contribution is -0.140. The van der Waals surface area contributed by atoms with Gasteiger partial charge in [0.15, 0.2) is 0 Å². The highest BCUT2D eigenvalue weighted by molar-refractivity contribution is 6.30. The van der Waals surface area contributed by atoms with Crippen molar-refractivity contribution in [2.24, 2.45) is 28.8 Å². The molecule has 1 saturated carbocycles. The number of methoxy groups -OCH3 is 1. The second-order valence-electron chi connectivity index (χ2n) is 6.12. The molecule has 0 spiro atoms. The fourth-order valence-electron chi connectivity index (χ4n) is 3.93. The Bertz CT molecular complexity index is 728. The average molecular weight is 331 g/mol. The second-order valence-corrected chi connectivity index (χ2v) is 6.56. The highest BCUT2D eigenvalue weighted by atomic mass is 35.5. The molecule has 3 aliphatic rings. The summed E-state index contributed by atoms with van der Waals surface area (Å²) in [7, 11) is 1.54. The number of imide groups is 1. The van der Waals surface area contributed by atoms with E-state index in [4.69, 9.17) is 16.3 Å². The fraction of sp³-hybridized carbons (Fsp3) is 0.353. The molecule has 2 fully saturated rings. The summed E-state index contributed by atoms with van der Waals surface area (Å²) in [6.45, 7) is 0. The van der Waals surface area contributed by atoms with Crippen LogP contribution in [0.25, 0.3) is 0 Å². The second kappa shape index (κ2) is 5.20. The van der Waals surface area contributed by atoms with E-state index in [0.29, 0.717) is 16.3 Å². The third-order valence-corrected chi connectivity index (χ3v) is 5.19. The van der Waals surface area contributed by atoms with E-state index in [1.54, 1.807) is 25.3 Å². The zero-order chi connectivity index (χ0) is 16.1. The van der Waals surface area contributed by atoms with Crippen molar-refractivity contribution < 1.29 is 14.3 Å². The molecule has 4 rings (SSSR count). The predicted octanol–water partition coefficient (Wildman–Crippen LogP) is 2.49. The molecule has 1 aromatic carbocycles. The number of rotatable bonds is 3. The van der Waals surface area contributed by atoms with Crippen LogP contribution in [-0.4, -0.2) is 30.1 Å². The van der Waals surface area contributed by atoms with E-state index in [2.05, 4.69) is 17.3 Å². The van der Waals surface area contributed by atoms with Gasteiger partial charge in [0.1, 0.15) is 5.75 Å². The minimum atomic E-state index is -0.240. The molecule has 0 radical (unpaired) electrons. The molecule has 0 aromatic heterocycles. The summed E-state index contributed by atoms with van der Waals surface area (Å²) < 4.78 is 5.24. The van der Waals surface area contributed by atoms with Gasteiger partial charge in [-0.3, -0.25) is 9.59 Å². The summed E-state index contributed by atoms with van der Waals surface area (Å²) in [4.78, 5) is 25.1. The topological polar surface area (TPSA) is 59.0 Å². The van der Waals surface area contributed by atoms with Crippen molar-refractivity contribution >= 4 is 29.6 Å². The molecular weight excluding hydrogens is 316 g/mol. The molecule has 118 valence electrons. The van der Waals surface area contributed by atoms with Crippen LogP contribution < -0.4 is 4.74 Å². The van der Waals surface area contributed by atoms with Crippen molar-refractivity contribution in [3.05, 3.63) is 40.9 Å². The molecule has 4 unspecified atom stereocenters. The number of carbonyl (C=O) groups is 2. The summed E-state index contributed by atoms with van der Waals surface area (Å²) in [5, 5.41) is 5.68. The zero-order valence-electron chi connectivity index (χ0n) is 12.5. The van der Waals surface area contributed by atoms with E-state index >= 15 is 0 Å². The minimum Gasteiger partial charge on any atom is -0.496 e. The van der Waals surface area contributed by atoms with Gasteiger partial charge in [-0.05, 0) is 36.5 Å². The molecule has 0 N–H and O–H groups in total. The van der Waals surface area contributed by atoms with Crippen LogP contribution >= 0.6 is 11.6 Å². The maximum atomic E-state index is 12.5. The number of ether oxygens (including phenoxy) is 1. The molecule has 2 bridgehead atoms. The summed E-state index contributed by atoms with van der Waals surface area (Å²) in [6, 6.07) is 5.11. The first kappa shape index (κ1) is 14.5. The van der Waals surface area contributed by atoms with Gasteiger partial charge in [0, 0.05) is 10.6 Å². The van der Waals surface area contributed by atoms with E-state index in [1.165, 1.54) is 6.21 Å². The Morgan fingerprint density at radius 1 is 1.22 bits per heavy atom. The van der Waals surface area contributed by atoms with Crippen molar-refractivity contribution in [1.29, 1.82) is 0 Å². The highest BCUT2D eigenvalue weighted by Crippen LogP contribution is 2.52. The number of amides is 2. The Morgan fingerprint density at radius 3 is 2.48 bits per heavy atom. The van der Waals surface area contributed by atoms with Gasteiger partial charge in [0.2, 0.25) is 0 Å². The Kier molecular flexibility index (Phi) is 3.27. The number of halogens is 1. The van der Waals surface area contributed by atoms with Crippen LogP contribution in [0.4, 0.5) is 0 Å². The smallest absolute Gasteiger partial charge is 0.254 e. The van der Waals surface area contributed by atoms with Gasteiger partial charge in [-0.25, -0.2) is 0 Å². The van der Waals surface area contributed by atoms with Crippen LogP contribution in [0, 0.1) is 23.7 Å². The number of hydrazone groups is 1. The third kappa shape index (κ3) is 2.10. The van der Waals surface area contributed by atoms with Gasteiger partial charge < -0.3 is 4.74 Å². The molecule has 23 heavy (non-hydrogen) atoms. The fourth-order valence-corrected chi connectivity index (χ4v) is 4.11. The lowest BCUT2D eigenvalue weighted by Gasteiger charge is -2.13. The molecule has 4 atom stereocenters. The third-order valence-electron chi connectivity index (χ3n) is 4.95. The van der Waals surface area contributed by atoms with Crippen molar-refractivity contribution in [3.8, 4) is 5.75 Å². The van der Waals surface area contributed by atoms with Crippen LogP contribution in [0.5, 0.6) is 5.75 Å². The number of benzene rings is 1. The standard InChI is InChI=1S/C17H15ClN2O3/c1-23-13-5-4-12(18)7-11(13)8-19-20-16(21)14-9-2-3-10(6-9)15(14)17(20)22/h2-5,7-10,14-15H,6H2,1H3. The Balaban J connectivity index is 1.62. The summed E-state index contributed by atoms with van der Waals surface area (Å²) in [5.74, 6) is 0.0684. The summed E-state index contributed by atoms with van der Waals surface area (Å²) in [6.07, 6.45) is 6.48. The first-order valence-corrected chi connectivity index (χ1v) is 7.91. The maximum absolute atomic E-state index is 12.5. The molecule has 1 aromatic rings. The largest absolute Gasteiger partial charge is 0.496 e. The van der Waals surface area contributed by atoms with E-state index in [0.717, 1.165) is 11.4 Å². The first-order chi connectivity index (χ1) is 11.1. The lowest BCUT2D eigenvalue weighted by Crippen LogP contribution is -2.28. The predicted molar refractivity (Wildman–Crippen MR) is 85.2 cm³/mol. The molecule has 1 aliphatic heterocycles. The lowest BCUT2D eigenvalue weighted by atomic mass is 9.85. The molecule has 5 nitrogen and oxygen atoms in total. The molecule has 2 aliphatic carbocycles. The van der Waals surface area contributed by atoms with Gasteiger partial charge in [-0.15, -0.1) is 0 Å².